The second kappa shape index (κ2) is 3.25. The molecule has 0 aromatic rings. The lowest BCUT2D eigenvalue weighted by atomic mass is 9.65. The van der Waals surface area contributed by atoms with E-state index in [1.807, 2.05) is 0 Å². The fourth-order valence-electron chi connectivity index (χ4n) is 5.92. The Labute approximate surface area is 99.6 Å². The quantitative estimate of drug-likeness (QED) is 0.720. The molecule has 3 aliphatic carbocycles. The van der Waals surface area contributed by atoms with E-state index in [2.05, 4.69) is 20.8 Å². The van der Waals surface area contributed by atoms with E-state index in [-0.39, 0.29) is 0 Å². The maximum absolute atomic E-state index is 9.76. The first kappa shape index (κ1) is 11.1. The minimum atomic E-state index is 0.435. The molecular formula is C15H26O. The van der Waals surface area contributed by atoms with Crippen LogP contribution in [0.2, 0.25) is 0 Å². The van der Waals surface area contributed by atoms with Gasteiger partial charge < -0.3 is 5.11 Å². The van der Waals surface area contributed by atoms with Crippen LogP contribution in [0.1, 0.15) is 52.9 Å². The van der Waals surface area contributed by atoms with Crippen molar-refractivity contribution in [2.75, 3.05) is 6.61 Å². The molecule has 0 amide bonds. The summed E-state index contributed by atoms with van der Waals surface area (Å²) >= 11 is 0. The number of hydrogen-bond acceptors (Lipinski definition) is 1. The Morgan fingerprint density at radius 1 is 1.12 bits per heavy atom. The maximum Gasteiger partial charge on any atom is 0.0467 e. The third kappa shape index (κ3) is 1.16. The molecule has 0 spiro atoms. The van der Waals surface area contributed by atoms with Gasteiger partial charge in [-0.25, -0.2) is 0 Å². The fourth-order valence-corrected chi connectivity index (χ4v) is 5.92. The van der Waals surface area contributed by atoms with E-state index in [4.69, 9.17) is 0 Å². The van der Waals surface area contributed by atoms with Gasteiger partial charge in [0.15, 0.2) is 0 Å². The number of aliphatic hydroxyl groups excluding tert-OH is 1. The Bertz CT molecular complexity index is 296. The summed E-state index contributed by atoms with van der Waals surface area (Å²) in [6.45, 7) is 7.87. The lowest BCUT2D eigenvalue weighted by Crippen LogP contribution is -2.35. The maximum atomic E-state index is 9.76. The van der Waals surface area contributed by atoms with Crippen molar-refractivity contribution >= 4 is 0 Å². The minimum absolute atomic E-state index is 0.435. The van der Waals surface area contributed by atoms with Gasteiger partial charge in [-0.05, 0) is 60.2 Å². The lowest BCUT2D eigenvalue weighted by molar-refractivity contribution is 0.0374. The molecule has 5 atom stereocenters. The zero-order valence-electron chi connectivity index (χ0n) is 11.0. The van der Waals surface area contributed by atoms with Crippen molar-refractivity contribution in [3.63, 3.8) is 0 Å². The van der Waals surface area contributed by atoms with Crippen LogP contribution in [0.15, 0.2) is 0 Å². The summed E-state index contributed by atoms with van der Waals surface area (Å²) in [5, 5.41) is 9.76. The van der Waals surface area contributed by atoms with Gasteiger partial charge in [-0.15, -0.1) is 0 Å². The van der Waals surface area contributed by atoms with Crippen LogP contribution in [0, 0.1) is 34.5 Å². The fraction of sp³-hybridized carbons (Fsp3) is 1.00. The Morgan fingerprint density at radius 3 is 2.56 bits per heavy atom. The largest absolute Gasteiger partial charge is 0.396 e. The van der Waals surface area contributed by atoms with Gasteiger partial charge in [-0.2, -0.15) is 0 Å². The summed E-state index contributed by atoms with van der Waals surface area (Å²) in [7, 11) is 0. The van der Waals surface area contributed by atoms with Crippen LogP contribution >= 0.6 is 0 Å². The van der Waals surface area contributed by atoms with Crippen LogP contribution in [0.4, 0.5) is 0 Å². The van der Waals surface area contributed by atoms with Crippen molar-refractivity contribution in [1.29, 1.82) is 0 Å². The summed E-state index contributed by atoms with van der Waals surface area (Å²) in [5.74, 6) is 3.25. The molecule has 0 saturated heterocycles. The number of rotatable bonds is 1. The normalized spacial score (nSPS) is 54.0. The van der Waals surface area contributed by atoms with Gasteiger partial charge >= 0.3 is 0 Å². The molecule has 1 N–H and O–H groups in total. The van der Waals surface area contributed by atoms with Crippen LogP contribution in [-0.4, -0.2) is 11.7 Å². The van der Waals surface area contributed by atoms with Gasteiger partial charge in [-0.3, -0.25) is 0 Å². The second-order valence-electron chi connectivity index (χ2n) is 7.51. The SMILES string of the molecule is CC1(C)CCC[C@@]2(C)[C@@H](CO)[C@H]3CC[C@H]2[C@H]31. The molecule has 0 radical (unpaired) electrons. The van der Waals surface area contributed by atoms with Crippen molar-refractivity contribution in [1.82, 2.24) is 0 Å². The molecule has 0 aliphatic heterocycles. The van der Waals surface area contributed by atoms with Crippen molar-refractivity contribution in [3.8, 4) is 0 Å². The Morgan fingerprint density at radius 2 is 1.88 bits per heavy atom. The predicted molar refractivity (Wildman–Crippen MR) is 66.0 cm³/mol. The van der Waals surface area contributed by atoms with E-state index in [0.29, 0.717) is 23.4 Å². The molecule has 3 fully saturated rings. The summed E-state index contributed by atoms with van der Waals surface area (Å²) < 4.78 is 0. The standard InChI is InChI=1S/C15H26O/c1-14(2)7-4-8-15(3)11-6-5-10(13(11)14)12(15)9-16/h10-13,16H,4-9H2,1-3H3/t10-,11+,12+,13+,15-/m1/s1. The number of aliphatic hydroxyl groups is 1. The monoisotopic (exact) mass is 222 g/mol. The Hall–Kier alpha value is -0.0400. The molecule has 0 aromatic heterocycles. The van der Waals surface area contributed by atoms with Crippen LogP contribution in [0.3, 0.4) is 0 Å². The van der Waals surface area contributed by atoms with Gasteiger partial charge in [-0.1, -0.05) is 27.2 Å². The van der Waals surface area contributed by atoms with Crippen molar-refractivity contribution in [2.45, 2.75) is 52.9 Å². The summed E-state index contributed by atoms with van der Waals surface area (Å²) in [6, 6.07) is 0. The second-order valence-corrected chi connectivity index (χ2v) is 7.51. The lowest BCUT2D eigenvalue weighted by Gasteiger charge is -2.40. The molecule has 1 nitrogen and oxygen atoms in total. The van der Waals surface area contributed by atoms with Gasteiger partial charge in [0, 0.05) is 6.61 Å². The molecule has 3 aliphatic rings. The zero-order chi connectivity index (χ0) is 11.6. The average molecular weight is 222 g/mol. The molecular weight excluding hydrogens is 196 g/mol. The molecule has 4 bridgehead atoms. The zero-order valence-corrected chi connectivity index (χ0v) is 11.0. The highest BCUT2D eigenvalue weighted by molar-refractivity contribution is 5.12. The third-order valence-corrected chi connectivity index (χ3v) is 6.55. The Kier molecular flexibility index (Phi) is 2.25. The summed E-state index contributed by atoms with van der Waals surface area (Å²) in [6.07, 6.45) is 6.96. The molecule has 0 aromatic carbocycles. The van der Waals surface area contributed by atoms with Crippen LogP contribution < -0.4 is 0 Å². The first-order valence-electron chi connectivity index (χ1n) is 7.11. The molecule has 1 heteroatoms. The minimum Gasteiger partial charge on any atom is -0.396 e. The molecule has 92 valence electrons. The summed E-state index contributed by atoms with van der Waals surface area (Å²) in [5.41, 5.74) is 0.990. The van der Waals surface area contributed by atoms with Gasteiger partial charge in [0.1, 0.15) is 0 Å². The highest BCUT2D eigenvalue weighted by atomic mass is 16.3. The van der Waals surface area contributed by atoms with Gasteiger partial charge in [0.05, 0.1) is 0 Å². The van der Waals surface area contributed by atoms with Gasteiger partial charge in [0.2, 0.25) is 0 Å². The highest BCUT2D eigenvalue weighted by Crippen LogP contribution is 2.70. The van der Waals surface area contributed by atoms with E-state index in [1.54, 1.807) is 0 Å². The predicted octanol–water partition coefficient (Wildman–Crippen LogP) is 3.47. The van der Waals surface area contributed by atoms with E-state index in [9.17, 15) is 5.11 Å². The van der Waals surface area contributed by atoms with E-state index >= 15 is 0 Å². The van der Waals surface area contributed by atoms with Crippen LogP contribution in [0.25, 0.3) is 0 Å². The molecule has 16 heavy (non-hydrogen) atoms. The summed E-state index contributed by atoms with van der Waals surface area (Å²) in [4.78, 5) is 0. The van der Waals surface area contributed by atoms with Crippen LogP contribution in [-0.2, 0) is 0 Å². The van der Waals surface area contributed by atoms with Crippen molar-refractivity contribution < 1.29 is 5.11 Å². The van der Waals surface area contributed by atoms with E-state index in [1.165, 1.54) is 32.1 Å². The van der Waals surface area contributed by atoms with Crippen molar-refractivity contribution in [3.05, 3.63) is 0 Å². The van der Waals surface area contributed by atoms with E-state index in [0.717, 1.165) is 17.8 Å². The molecule has 3 rings (SSSR count). The third-order valence-electron chi connectivity index (χ3n) is 6.55. The Balaban J connectivity index is 2.04. The highest BCUT2D eigenvalue weighted by Gasteiger charge is 2.64. The van der Waals surface area contributed by atoms with Crippen molar-refractivity contribution in [2.24, 2.45) is 34.5 Å². The average Bonchev–Trinajstić information content (AvgIpc) is 2.68. The first-order chi connectivity index (χ1) is 7.50. The number of hydrogen-bond donors (Lipinski definition) is 1. The molecule has 3 saturated carbocycles. The smallest absolute Gasteiger partial charge is 0.0467 e. The first-order valence-corrected chi connectivity index (χ1v) is 7.11. The van der Waals surface area contributed by atoms with Crippen LogP contribution in [0.5, 0.6) is 0 Å². The topological polar surface area (TPSA) is 20.2 Å². The van der Waals surface area contributed by atoms with Gasteiger partial charge in [0.25, 0.3) is 0 Å². The molecule has 0 heterocycles. The molecule has 0 unspecified atom stereocenters. The van der Waals surface area contributed by atoms with E-state index < -0.39 is 0 Å².